The first-order valence-electron chi connectivity index (χ1n) is 8.45. The third kappa shape index (κ3) is 8.86. The molecule has 0 bridgehead atoms. The van der Waals surface area contributed by atoms with Crippen LogP contribution in [0.25, 0.3) is 0 Å². The Balaban J connectivity index is 0.000000240. The average molecular weight is 445 g/mol. The summed E-state index contributed by atoms with van der Waals surface area (Å²) in [5.74, 6) is 0. The molecule has 2 rings (SSSR count). The molecule has 2 aliphatic rings. The van der Waals surface area contributed by atoms with Gasteiger partial charge in [0.2, 0.25) is 0 Å². The van der Waals surface area contributed by atoms with Gasteiger partial charge in [-0.15, -0.1) is 70.6 Å². The lowest BCUT2D eigenvalue weighted by molar-refractivity contribution is 0.893. The van der Waals surface area contributed by atoms with Gasteiger partial charge in [0, 0.05) is 0 Å². The maximum atomic E-state index is 2.32. The quantitative estimate of drug-likeness (QED) is 0.363. The van der Waals surface area contributed by atoms with E-state index in [9.17, 15) is 0 Å². The summed E-state index contributed by atoms with van der Waals surface area (Å²) in [5.41, 5.74) is 0. The van der Waals surface area contributed by atoms with Gasteiger partial charge in [0.25, 0.3) is 0 Å². The normalized spacial score (nSPS) is 31.5. The van der Waals surface area contributed by atoms with Crippen LogP contribution in [0.3, 0.4) is 0 Å². The molecular formula is C18H36S6. The van der Waals surface area contributed by atoms with Crippen molar-refractivity contribution in [2.45, 2.75) is 108 Å². The second-order valence-corrected chi connectivity index (χ2v) is 24.0. The van der Waals surface area contributed by atoms with Crippen LogP contribution in [0.5, 0.6) is 0 Å². The molecule has 0 atom stereocenters. The fourth-order valence-corrected chi connectivity index (χ4v) is 20.2. The Kier molecular flexibility index (Phi) is 7.54. The molecule has 2 aliphatic heterocycles. The molecule has 0 nitrogen and oxygen atoms in total. The second-order valence-electron chi connectivity index (χ2n) is 9.01. The smallest absolute Gasteiger partial charge is 0.0582 e. The number of rotatable bonds is 0. The van der Waals surface area contributed by atoms with Crippen LogP contribution in [0.1, 0.15) is 83.1 Å². The lowest BCUT2D eigenvalue weighted by Crippen LogP contribution is -2.34. The summed E-state index contributed by atoms with van der Waals surface area (Å²) >= 11 is 12.4. The highest BCUT2D eigenvalue weighted by molar-refractivity contribution is 8.36. The Hall–Kier alpha value is 2.10. The second kappa shape index (κ2) is 7.50. The van der Waals surface area contributed by atoms with Gasteiger partial charge in [-0.1, -0.05) is 0 Å². The number of hydrogen-bond donors (Lipinski definition) is 0. The third-order valence-electron chi connectivity index (χ3n) is 2.95. The van der Waals surface area contributed by atoms with E-state index < -0.39 is 0 Å². The van der Waals surface area contributed by atoms with Gasteiger partial charge >= 0.3 is 0 Å². The maximum absolute atomic E-state index is 2.32. The number of hydrogen-bond acceptors (Lipinski definition) is 6. The van der Waals surface area contributed by atoms with Gasteiger partial charge in [-0.2, -0.15) is 0 Å². The van der Waals surface area contributed by atoms with Crippen molar-refractivity contribution in [1.82, 2.24) is 0 Å². The summed E-state index contributed by atoms with van der Waals surface area (Å²) in [4.78, 5) is 0. The molecule has 2 heterocycles. The van der Waals surface area contributed by atoms with Crippen molar-refractivity contribution in [3.63, 3.8) is 0 Å². The molecular weight excluding hydrogens is 409 g/mol. The minimum absolute atomic E-state index is 0.359. The fraction of sp³-hybridized carbons (Fsp3) is 1.00. The highest BCUT2D eigenvalue weighted by Crippen LogP contribution is 2.64. The van der Waals surface area contributed by atoms with Crippen LogP contribution < -0.4 is 0 Å². The Morgan fingerprint density at radius 1 is 0.250 bits per heavy atom. The fourth-order valence-electron chi connectivity index (χ4n) is 3.68. The maximum Gasteiger partial charge on any atom is 0.0582 e. The molecule has 0 N–H and O–H groups in total. The molecule has 144 valence electrons. The summed E-state index contributed by atoms with van der Waals surface area (Å²) in [6.07, 6.45) is 0. The molecule has 0 aromatic rings. The zero-order chi connectivity index (χ0) is 19.2. The monoisotopic (exact) mass is 444 g/mol. The molecule has 6 heteroatoms. The zero-order valence-electron chi connectivity index (χ0n) is 17.4. The lowest BCUT2D eigenvalue weighted by atomic mass is 10.5. The predicted octanol–water partition coefficient (Wildman–Crippen LogP) is 8.82. The van der Waals surface area contributed by atoms with Crippen LogP contribution in [-0.4, -0.2) is 24.5 Å². The summed E-state index contributed by atoms with van der Waals surface area (Å²) in [6.45, 7) is 27.9. The SMILES string of the molecule is CC1(C)SC(C)(C)SC(C)(C)S1.CC1(C)SC(C)(C)SC(C)(C)S1. The van der Waals surface area contributed by atoms with E-state index in [1.165, 1.54) is 0 Å². The number of thioether (sulfide) groups is 6. The van der Waals surface area contributed by atoms with E-state index in [2.05, 4.69) is 154 Å². The van der Waals surface area contributed by atoms with Gasteiger partial charge in [-0.25, -0.2) is 0 Å². The molecule has 0 amide bonds. The van der Waals surface area contributed by atoms with Crippen molar-refractivity contribution >= 4 is 70.6 Å². The zero-order valence-corrected chi connectivity index (χ0v) is 22.3. The van der Waals surface area contributed by atoms with Crippen LogP contribution in [0.4, 0.5) is 0 Å². The summed E-state index contributed by atoms with van der Waals surface area (Å²) in [7, 11) is 0. The minimum atomic E-state index is 0.359. The predicted molar refractivity (Wildman–Crippen MR) is 130 cm³/mol. The van der Waals surface area contributed by atoms with E-state index in [0.29, 0.717) is 24.5 Å². The van der Waals surface area contributed by atoms with Crippen LogP contribution in [0.2, 0.25) is 0 Å². The third-order valence-corrected chi connectivity index (χ3v) is 11.8. The first-order valence-corrected chi connectivity index (χ1v) is 13.3. The Bertz CT molecular complexity index is 316. The molecule has 0 spiro atoms. The van der Waals surface area contributed by atoms with E-state index in [-0.39, 0.29) is 0 Å². The van der Waals surface area contributed by atoms with E-state index in [1.54, 1.807) is 0 Å². The molecule has 0 saturated carbocycles. The van der Waals surface area contributed by atoms with E-state index >= 15 is 0 Å². The molecule has 2 saturated heterocycles. The van der Waals surface area contributed by atoms with E-state index in [0.717, 1.165) is 0 Å². The molecule has 0 unspecified atom stereocenters. The van der Waals surface area contributed by atoms with Crippen molar-refractivity contribution in [2.24, 2.45) is 0 Å². The highest BCUT2D eigenvalue weighted by Gasteiger charge is 2.45. The molecule has 24 heavy (non-hydrogen) atoms. The van der Waals surface area contributed by atoms with Crippen molar-refractivity contribution in [1.29, 1.82) is 0 Å². The van der Waals surface area contributed by atoms with Crippen LogP contribution in [0, 0.1) is 0 Å². The summed E-state index contributed by atoms with van der Waals surface area (Å²) in [6, 6.07) is 0. The summed E-state index contributed by atoms with van der Waals surface area (Å²) in [5, 5.41) is 0. The largest absolute Gasteiger partial charge is 0.128 e. The van der Waals surface area contributed by atoms with Crippen molar-refractivity contribution < 1.29 is 0 Å². The van der Waals surface area contributed by atoms with Gasteiger partial charge in [-0.3, -0.25) is 0 Å². The Morgan fingerprint density at radius 2 is 0.333 bits per heavy atom. The molecule has 0 radical (unpaired) electrons. The Labute approximate surface area is 177 Å². The average Bonchev–Trinajstić information content (AvgIpc) is 1.97. The Morgan fingerprint density at radius 3 is 0.417 bits per heavy atom. The van der Waals surface area contributed by atoms with Crippen molar-refractivity contribution in [3.8, 4) is 0 Å². The topological polar surface area (TPSA) is 0 Å². The van der Waals surface area contributed by atoms with Gasteiger partial charge in [0.1, 0.15) is 0 Å². The summed E-state index contributed by atoms with van der Waals surface area (Å²) < 4.78 is 2.16. The molecule has 2 fully saturated rings. The lowest BCUT2D eigenvalue weighted by Gasteiger charge is -2.47. The van der Waals surface area contributed by atoms with Gasteiger partial charge in [0.05, 0.1) is 24.5 Å². The van der Waals surface area contributed by atoms with Crippen LogP contribution in [0.15, 0.2) is 0 Å². The van der Waals surface area contributed by atoms with Crippen molar-refractivity contribution in [2.75, 3.05) is 0 Å². The molecule has 0 aromatic heterocycles. The standard InChI is InChI=1S/2C9H18S3/c2*1-7(2)10-8(3,4)12-9(5,6)11-7/h2*1-6H3. The van der Waals surface area contributed by atoms with Gasteiger partial charge in [0.15, 0.2) is 0 Å². The molecule has 0 aromatic carbocycles. The van der Waals surface area contributed by atoms with Crippen LogP contribution in [-0.2, 0) is 0 Å². The van der Waals surface area contributed by atoms with E-state index in [4.69, 9.17) is 0 Å². The van der Waals surface area contributed by atoms with Gasteiger partial charge < -0.3 is 0 Å². The highest BCUT2D eigenvalue weighted by atomic mass is 32.3. The first-order chi connectivity index (χ1) is 10.2. The van der Waals surface area contributed by atoms with E-state index in [1.807, 2.05) is 0 Å². The first kappa shape index (κ1) is 24.1. The minimum Gasteiger partial charge on any atom is -0.128 e. The van der Waals surface area contributed by atoms with Crippen molar-refractivity contribution in [3.05, 3.63) is 0 Å². The van der Waals surface area contributed by atoms with Crippen LogP contribution >= 0.6 is 70.6 Å². The molecule has 0 aliphatic carbocycles. The van der Waals surface area contributed by atoms with Gasteiger partial charge in [-0.05, 0) is 83.1 Å².